The Morgan fingerprint density at radius 3 is 3.11 bits per heavy atom. The zero-order valence-electron chi connectivity index (χ0n) is 10.3. The molecular weight excluding hydrogens is 248 g/mol. The number of allylic oxidation sites excluding steroid dienone is 1. The molecular formula is C12H19N4OS+. The molecule has 1 fully saturated rings. The monoisotopic (exact) mass is 267 g/mol. The van der Waals surface area contributed by atoms with Crippen molar-refractivity contribution in [1.29, 1.82) is 0 Å². The first kappa shape index (κ1) is 12.0. The molecule has 0 aromatic rings. The molecule has 2 atom stereocenters. The van der Waals surface area contributed by atoms with Crippen molar-refractivity contribution in [3.8, 4) is 0 Å². The Morgan fingerprint density at radius 1 is 1.44 bits per heavy atom. The number of thioether (sulfide) groups is 1. The lowest BCUT2D eigenvalue weighted by Gasteiger charge is -2.28. The Hall–Kier alpha value is -1.01. The smallest absolute Gasteiger partial charge is 0.263 e. The fourth-order valence-corrected chi connectivity index (χ4v) is 3.58. The molecule has 5 nitrogen and oxygen atoms in total. The number of piperidine rings is 1. The minimum Gasteiger partial charge on any atom is -0.287 e. The Bertz CT molecular complexity index is 390. The number of hydrogen-bond donors (Lipinski definition) is 3. The summed E-state index contributed by atoms with van der Waals surface area (Å²) in [7, 11) is 0. The molecule has 18 heavy (non-hydrogen) atoms. The number of nitrogens with zero attached hydrogens (tertiary/aromatic N) is 1. The van der Waals surface area contributed by atoms with Gasteiger partial charge in [-0.25, -0.2) is 5.01 Å². The number of hydrogen-bond acceptors (Lipinski definition) is 4. The Morgan fingerprint density at radius 2 is 2.28 bits per heavy atom. The lowest BCUT2D eigenvalue weighted by molar-refractivity contribution is -0.518. The van der Waals surface area contributed by atoms with Gasteiger partial charge in [-0.15, -0.1) is 16.9 Å². The van der Waals surface area contributed by atoms with Crippen molar-refractivity contribution in [1.82, 2.24) is 15.9 Å². The van der Waals surface area contributed by atoms with E-state index in [4.69, 9.17) is 0 Å². The molecule has 1 saturated heterocycles. The highest BCUT2D eigenvalue weighted by molar-refractivity contribution is 8.02. The fourth-order valence-electron chi connectivity index (χ4n) is 2.65. The fraction of sp³-hybridized carbons (Fsp3) is 0.667. The molecule has 0 radical (unpaired) electrons. The molecule has 3 rings (SSSR count). The van der Waals surface area contributed by atoms with Crippen molar-refractivity contribution in [3.63, 3.8) is 0 Å². The molecule has 0 saturated carbocycles. The van der Waals surface area contributed by atoms with Crippen LogP contribution in [-0.4, -0.2) is 41.5 Å². The molecule has 0 bridgehead atoms. The number of hydrazine groups is 2. The van der Waals surface area contributed by atoms with Crippen LogP contribution in [0.3, 0.4) is 0 Å². The van der Waals surface area contributed by atoms with Crippen LogP contribution in [0.15, 0.2) is 11.5 Å². The average Bonchev–Trinajstić information content (AvgIpc) is 2.84. The maximum Gasteiger partial charge on any atom is 0.263 e. The van der Waals surface area contributed by atoms with Gasteiger partial charge in [-0.05, 0) is 18.2 Å². The highest BCUT2D eigenvalue weighted by Crippen LogP contribution is 2.21. The molecule has 2 unspecified atom stereocenters. The van der Waals surface area contributed by atoms with Gasteiger partial charge in [0.2, 0.25) is 5.71 Å². The summed E-state index contributed by atoms with van der Waals surface area (Å²) in [5.41, 5.74) is 7.27. The van der Waals surface area contributed by atoms with E-state index >= 15 is 0 Å². The lowest BCUT2D eigenvalue weighted by atomic mass is 9.97. The van der Waals surface area contributed by atoms with Crippen LogP contribution in [0, 0.1) is 5.92 Å². The van der Waals surface area contributed by atoms with Gasteiger partial charge in [-0.3, -0.25) is 10.2 Å². The number of carbonyl (C=O) groups excluding carboxylic acids is 1. The summed E-state index contributed by atoms with van der Waals surface area (Å²) in [6, 6.07) is -0.153. The standard InChI is InChI=1S/C12H18N4OS/c17-12(15-16-5-2-1-3-6-16)11-9-8-18-7-4-10(9)13-14-11/h4,7,9,11,14H,1-3,5-6,8H2,(H,15,17)/p+1. The Labute approximate surface area is 111 Å². The zero-order valence-corrected chi connectivity index (χ0v) is 11.1. The molecule has 98 valence electrons. The Balaban J connectivity index is 1.58. The first-order valence-corrected chi connectivity index (χ1v) is 7.61. The lowest BCUT2D eigenvalue weighted by Crippen LogP contribution is -2.81. The summed E-state index contributed by atoms with van der Waals surface area (Å²) in [5.74, 6) is 1.31. The maximum absolute atomic E-state index is 12.3. The van der Waals surface area contributed by atoms with E-state index in [0.717, 1.165) is 24.6 Å². The van der Waals surface area contributed by atoms with Gasteiger partial charge < -0.3 is 0 Å². The van der Waals surface area contributed by atoms with Crippen molar-refractivity contribution >= 4 is 23.4 Å². The zero-order chi connectivity index (χ0) is 12.4. The molecule has 0 aromatic heterocycles. The van der Waals surface area contributed by atoms with Gasteiger partial charge in [-0.2, -0.15) is 5.43 Å². The topological polar surface area (TPSA) is 58.3 Å². The van der Waals surface area contributed by atoms with Crippen LogP contribution in [0.1, 0.15) is 19.3 Å². The number of rotatable bonds is 2. The molecule has 6 heteroatoms. The van der Waals surface area contributed by atoms with E-state index in [1.54, 1.807) is 11.8 Å². The molecule has 0 aromatic carbocycles. The first-order chi connectivity index (χ1) is 8.84. The summed E-state index contributed by atoms with van der Waals surface area (Å²) in [6.07, 6.45) is 5.68. The van der Waals surface area contributed by atoms with Crippen LogP contribution in [0.25, 0.3) is 0 Å². The van der Waals surface area contributed by atoms with Crippen LogP contribution in [-0.2, 0) is 4.79 Å². The van der Waals surface area contributed by atoms with E-state index in [9.17, 15) is 4.79 Å². The molecule has 3 N–H and O–H groups in total. The van der Waals surface area contributed by atoms with Gasteiger partial charge in [0, 0.05) is 24.9 Å². The van der Waals surface area contributed by atoms with Crippen LogP contribution in [0.5, 0.6) is 0 Å². The number of carbonyl (C=O) groups is 1. The molecule has 3 aliphatic heterocycles. The van der Waals surface area contributed by atoms with E-state index < -0.39 is 0 Å². The third-order valence-electron chi connectivity index (χ3n) is 3.70. The molecule has 3 heterocycles. The van der Waals surface area contributed by atoms with Gasteiger partial charge in [0.05, 0.1) is 5.92 Å². The van der Waals surface area contributed by atoms with Crippen LogP contribution in [0.4, 0.5) is 0 Å². The summed E-state index contributed by atoms with van der Waals surface area (Å²) in [5, 5.41) is 7.24. The predicted octanol–water partition coefficient (Wildman–Crippen LogP) is -1.21. The summed E-state index contributed by atoms with van der Waals surface area (Å²) < 4.78 is 0. The second-order valence-corrected chi connectivity index (χ2v) is 5.91. The van der Waals surface area contributed by atoms with Crippen molar-refractivity contribution in [2.24, 2.45) is 5.92 Å². The van der Waals surface area contributed by atoms with Gasteiger partial charge in [0.15, 0.2) is 6.04 Å². The van der Waals surface area contributed by atoms with E-state index in [2.05, 4.69) is 32.4 Å². The summed E-state index contributed by atoms with van der Waals surface area (Å²) >= 11 is 1.76. The van der Waals surface area contributed by atoms with Crippen molar-refractivity contribution in [2.45, 2.75) is 25.3 Å². The minimum absolute atomic E-state index is 0.0836. The second-order valence-electron chi connectivity index (χ2n) is 4.97. The number of amides is 1. The molecule has 0 spiro atoms. The normalized spacial score (nSPS) is 31.4. The molecule has 1 amide bonds. The highest BCUT2D eigenvalue weighted by Gasteiger charge is 2.42. The highest BCUT2D eigenvalue weighted by atomic mass is 32.2. The maximum atomic E-state index is 12.3. The van der Waals surface area contributed by atoms with E-state index in [0.29, 0.717) is 0 Å². The Kier molecular flexibility index (Phi) is 3.56. The summed E-state index contributed by atoms with van der Waals surface area (Å²) in [4.78, 5) is 12.3. The second kappa shape index (κ2) is 5.32. The largest absolute Gasteiger partial charge is 0.287 e. The first-order valence-electron chi connectivity index (χ1n) is 6.56. The predicted molar refractivity (Wildman–Crippen MR) is 71.5 cm³/mol. The SMILES string of the molecule is O=C(NN1CCCCC1)C1N[NH+]=C2C=CSCC21. The number of hydrazone groups is 1. The van der Waals surface area contributed by atoms with Gasteiger partial charge in [0.1, 0.15) is 0 Å². The van der Waals surface area contributed by atoms with E-state index in [-0.39, 0.29) is 17.9 Å². The van der Waals surface area contributed by atoms with Crippen molar-refractivity contribution < 1.29 is 9.90 Å². The molecule has 0 aliphatic carbocycles. The number of fused-ring (bicyclic) bond motifs is 1. The summed E-state index contributed by atoms with van der Waals surface area (Å²) in [6.45, 7) is 1.95. The van der Waals surface area contributed by atoms with Crippen molar-refractivity contribution in [3.05, 3.63) is 11.5 Å². The van der Waals surface area contributed by atoms with Gasteiger partial charge in [-0.1, -0.05) is 6.42 Å². The van der Waals surface area contributed by atoms with Gasteiger partial charge >= 0.3 is 0 Å². The van der Waals surface area contributed by atoms with E-state index in [1.165, 1.54) is 19.3 Å². The average molecular weight is 267 g/mol. The van der Waals surface area contributed by atoms with Crippen LogP contribution < -0.4 is 16.0 Å². The van der Waals surface area contributed by atoms with Gasteiger partial charge in [0.25, 0.3) is 5.91 Å². The van der Waals surface area contributed by atoms with Crippen LogP contribution in [0.2, 0.25) is 0 Å². The van der Waals surface area contributed by atoms with Crippen LogP contribution >= 0.6 is 11.8 Å². The minimum atomic E-state index is -0.153. The number of nitrogens with one attached hydrogen (secondary N) is 3. The van der Waals surface area contributed by atoms with Crippen molar-refractivity contribution in [2.75, 3.05) is 18.8 Å². The third-order valence-corrected chi connectivity index (χ3v) is 4.58. The van der Waals surface area contributed by atoms with E-state index in [1.807, 2.05) is 0 Å². The third kappa shape index (κ3) is 2.40. The quantitative estimate of drug-likeness (QED) is 0.587. The molecule has 3 aliphatic rings.